The van der Waals surface area contributed by atoms with Crippen LogP contribution in [0.3, 0.4) is 0 Å². The summed E-state index contributed by atoms with van der Waals surface area (Å²) in [5, 5.41) is 2.85. The molecule has 0 unspecified atom stereocenters. The summed E-state index contributed by atoms with van der Waals surface area (Å²) in [4.78, 5) is 28.6. The monoisotopic (exact) mass is 393 g/mol. The summed E-state index contributed by atoms with van der Waals surface area (Å²) in [6, 6.07) is 12.0. The molecule has 0 bridgehead atoms. The van der Waals surface area contributed by atoms with Crippen molar-refractivity contribution in [2.75, 3.05) is 0 Å². The number of hydrogen-bond acceptors (Lipinski definition) is 5. The second-order valence-corrected chi connectivity index (χ2v) is 7.11. The number of nitrogens with one attached hydrogen (secondary N) is 1. The van der Waals surface area contributed by atoms with Crippen molar-refractivity contribution in [2.24, 2.45) is 0 Å². The third-order valence-electron chi connectivity index (χ3n) is 4.98. The minimum Gasteiger partial charge on any atom is -0.474 e. The van der Waals surface area contributed by atoms with Crippen LogP contribution in [0.15, 0.2) is 64.1 Å². The van der Waals surface area contributed by atoms with Crippen LogP contribution in [0.1, 0.15) is 47.6 Å². The fourth-order valence-corrected chi connectivity index (χ4v) is 3.44. The number of furan rings is 1. The Balaban J connectivity index is 1.37. The number of rotatable bonds is 7. The lowest BCUT2D eigenvalue weighted by Gasteiger charge is -2.15. The molecule has 0 aromatic carbocycles. The molecule has 3 aromatic heterocycles. The molecule has 1 N–H and O–H groups in total. The first-order chi connectivity index (χ1) is 14.2. The van der Waals surface area contributed by atoms with Crippen molar-refractivity contribution in [1.82, 2.24) is 14.9 Å². The van der Waals surface area contributed by atoms with Crippen molar-refractivity contribution in [3.05, 3.63) is 82.3 Å². The van der Waals surface area contributed by atoms with Crippen LogP contribution in [-0.2, 0) is 13.1 Å². The molecule has 3 aromatic rings. The van der Waals surface area contributed by atoms with Crippen LogP contribution in [0.4, 0.5) is 0 Å². The maximum absolute atomic E-state index is 12.5. The molecule has 0 spiro atoms. The SMILES string of the molecule is O=C(NCc1cccnc1OC1CCCC1)c1ccc(Cn2ccccc2=O)o1. The van der Waals surface area contributed by atoms with E-state index in [0.717, 1.165) is 18.4 Å². The normalized spacial score (nSPS) is 14.1. The van der Waals surface area contributed by atoms with Crippen molar-refractivity contribution in [3.8, 4) is 5.88 Å². The number of hydrogen-bond donors (Lipinski definition) is 1. The Morgan fingerprint density at radius 3 is 2.86 bits per heavy atom. The van der Waals surface area contributed by atoms with E-state index < -0.39 is 0 Å². The van der Waals surface area contributed by atoms with Gasteiger partial charge in [-0.05, 0) is 49.9 Å². The lowest BCUT2D eigenvalue weighted by atomic mass is 10.2. The number of carbonyl (C=O) groups excluding carboxylic acids is 1. The van der Waals surface area contributed by atoms with E-state index in [4.69, 9.17) is 9.15 Å². The average Bonchev–Trinajstić information content (AvgIpc) is 3.41. The van der Waals surface area contributed by atoms with E-state index in [0.29, 0.717) is 18.2 Å². The molecule has 0 aliphatic heterocycles. The van der Waals surface area contributed by atoms with E-state index in [1.807, 2.05) is 12.1 Å². The predicted molar refractivity (Wildman–Crippen MR) is 107 cm³/mol. The van der Waals surface area contributed by atoms with Gasteiger partial charge in [0, 0.05) is 30.6 Å². The Bertz CT molecular complexity index is 1030. The molecular weight excluding hydrogens is 370 g/mol. The standard InChI is InChI=1S/C22H23N3O4/c26-20-9-3-4-13-25(20)15-18-10-11-19(28-18)21(27)24-14-16-6-5-12-23-22(16)29-17-7-1-2-8-17/h3-6,9-13,17H,1-2,7-8,14-15H2,(H,24,27). The van der Waals surface area contributed by atoms with Gasteiger partial charge in [0.15, 0.2) is 5.76 Å². The third-order valence-corrected chi connectivity index (χ3v) is 4.98. The fraction of sp³-hybridized carbons (Fsp3) is 0.318. The summed E-state index contributed by atoms with van der Waals surface area (Å²) in [6.45, 7) is 0.567. The summed E-state index contributed by atoms with van der Waals surface area (Å²) < 4.78 is 13.1. The van der Waals surface area contributed by atoms with Gasteiger partial charge in [0.25, 0.3) is 11.5 Å². The first-order valence-corrected chi connectivity index (χ1v) is 9.82. The topological polar surface area (TPSA) is 86.4 Å². The lowest BCUT2D eigenvalue weighted by Crippen LogP contribution is -2.23. The number of ether oxygens (including phenoxy) is 1. The molecule has 1 saturated carbocycles. The van der Waals surface area contributed by atoms with E-state index in [1.165, 1.54) is 23.5 Å². The van der Waals surface area contributed by atoms with E-state index >= 15 is 0 Å². The molecule has 4 rings (SSSR count). The molecule has 1 amide bonds. The third kappa shape index (κ3) is 4.74. The molecule has 3 heterocycles. The molecule has 7 heteroatoms. The van der Waals surface area contributed by atoms with Crippen LogP contribution >= 0.6 is 0 Å². The summed E-state index contributed by atoms with van der Waals surface area (Å²) in [5.41, 5.74) is 0.705. The van der Waals surface area contributed by atoms with Crippen molar-refractivity contribution in [2.45, 2.75) is 44.9 Å². The Morgan fingerprint density at radius 1 is 1.17 bits per heavy atom. The number of aromatic nitrogens is 2. The molecule has 150 valence electrons. The molecule has 1 fully saturated rings. The zero-order chi connectivity index (χ0) is 20.1. The highest BCUT2D eigenvalue weighted by atomic mass is 16.5. The first kappa shape index (κ1) is 19.0. The fourth-order valence-electron chi connectivity index (χ4n) is 3.44. The van der Waals surface area contributed by atoms with Crippen LogP contribution < -0.4 is 15.6 Å². The zero-order valence-corrected chi connectivity index (χ0v) is 16.0. The van der Waals surface area contributed by atoms with Crippen molar-refractivity contribution in [3.63, 3.8) is 0 Å². The molecule has 1 aliphatic rings. The zero-order valence-electron chi connectivity index (χ0n) is 16.0. The van der Waals surface area contributed by atoms with Crippen LogP contribution in [0, 0.1) is 0 Å². The quantitative estimate of drug-likeness (QED) is 0.666. The Labute approximate surface area is 168 Å². The van der Waals surface area contributed by atoms with E-state index in [-0.39, 0.29) is 29.9 Å². The summed E-state index contributed by atoms with van der Waals surface area (Å²) >= 11 is 0. The smallest absolute Gasteiger partial charge is 0.287 e. The van der Waals surface area contributed by atoms with Gasteiger partial charge in [-0.1, -0.05) is 12.1 Å². The molecule has 7 nitrogen and oxygen atoms in total. The van der Waals surface area contributed by atoms with Crippen LogP contribution in [0.25, 0.3) is 0 Å². The Morgan fingerprint density at radius 2 is 2.03 bits per heavy atom. The van der Waals surface area contributed by atoms with Gasteiger partial charge in [0.1, 0.15) is 11.9 Å². The van der Waals surface area contributed by atoms with Gasteiger partial charge in [-0.2, -0.15) is 0 Å². The maximum atomic E-state index is 12.5. The highest BCUT2D eigenvalue weighted by Gasteiger charge is 2.19. The Hall–Kier alpha value is -3.35. The summed E-state index contributed by atoms with van der Waals surface area (Å²) in [6.07, 6.45) is 8.02. The highest BCUT2D eigenvalue weighted by Crippen LogP contribution is 2.25. The maximum Gasteiger partial charge on any atom is 0.287 e. The van der Waals surface area contributed by atoms with Gasteiger partial charge in [-0.25, -0.2) is 4.98 Å². The minimum absolute atomic E-state index is 0.124. The van der Waals surface area contributed by atoms with Crippen molar-refractivity contribution >= 4 is 5.91 Å². The second kappa shape index (κ2) is 8.77. The molecule has 29 heavy (non-hydrogen) atoms. The molecule has 1 aliphatic carbocycles. The van der Waals surface area contributed by atoms with Crippen LogP contribution in [0.5, 0.6) is 5.88 Å². The van der Waals surface area contributed by atoms with Gasteiger partial charge in [0.2, 0.25) is 5.88 Å². The number of amides is 1. The molecule has 0 saturated heterocycles. The lowest BCUT2D eigenvalue weighted by molar-refractivity contribution is 0.0920. The second-order valence-electron chi connectivity index (χ2n) is 7.11. The van der Waals surface area contributed by atoms with E-state index in [2.05, 4.69) is 10.3 Å². The molecular formula is C22H23N3O4. The van der Waals surface area contributed by atoms with Crippen LogP contribution in [0.2, 0.25) is 0 Å². The van der Waals surface area contributed by atoms with E-state index in [1.54, 1.807) is 36.7 Å². The van der Waals surface area contributed by atoms with Crippen LogP contribution in [-0.4, -0.2) is 21.6 Å². The van der Waals surface area contributed by atoms with E-state index in [9.17, 15) is 9.59 Å². The highest BCUT2D eigenvalue weighted by molar-refractivity contribution is 5.91. The van der Waals surface area contributed by atoms with Gasteiger partial charge in [-0.3, -0.25) is 9.59 Å². The first-order valence-electron chi connectivity index (χ1n) is 9.82. The average molecular weight is 393 g/mol. The van der Waals surface area contributed by atoms with Gasteiger partial charge < -0.3 is 19.0 Å². The Kier molecular flexibility index (Phi) is 5.74. The summed E-state index contributed by atoms with van der Waals surface area (Å²) in [7, 11) is 0. The van der Waals surface area contributed by atoms with Gasteiger partial charge in [0.05, 0.1) is 6.54 Å². The molecule has 0 radical (unpaired) electrons. The van der Waals surface area contributed by atoms with Crippen molar-refractivity contribution < 1.29 is 13.9 Å². The minimum atomic E-state index is -0.327. The van der Waals surface area contributed by atoms with Gasteiger partial charge >= 0.3 is 0 Å². The van der Waals surface area contributed by atoms with Gasteiger partial charge in [-0.15, -0.1) is 0 Å². The summed E-state index contributed by atoms with van der Waals surface area (Å²) in [5.74, 6) is 0.983. The number of nitrogens with zero attached hydrogens (tertiary/aromatic N) is 2. The number of pyridine rings is 2. The largest absolute Gasteiger partial charge is 0.474 e. The number of carbonyl (C=O) groups is 1. The molecule has 0 atom stereocenters. The van der Waals surface area contributed by atoms with Crippen molar-refractivity contribution in [1.29, 1.82) is 0 Å². The predicted octanol–water partition coefficient (Wildman–Crippen LogP) is 3.14.